The highest BCUT2D eigenvalue weighted by Crippen LogP contribution is 2.41. The lowest BCUT2D eigenvalue weighted by Gasteiger charge is -2.39. The number of nitrogens with zero attached hydrogens (tertiary/aromatic N) is 2. The number of nitrogens with one attached hydrogen (secondary N) is 1. The number of urea groups is 1. The lowest BCUT2D eigenvalue weighted by Crippen LogP contribution is -2.49. The monoisotopic (exact) mass is 445 g/mol. The van der Waals surface area contributed by atoms with Gasteiger partial charge in [-0.15, -0.1) is 0 Å². The molecule has 3 aliphatic rings. The number of carbonyl (C=O) groups excluding carboxylic acids is 3. The summed E-state index contributed by atoms with van der Waals surface area (Å²) in [6, 6.07) is 15.5. The second kappa shape index (κ2) is 8.32. The molecular weight excluding hydrogens is 414 g/mol. The number of amides is 4. The average molecular weight is 446 g/mol. The van der Waals surface area contributed by atoms with Gasteiger partial charge < -0.3 is 10.2 Å². The van der Waals surface area contributed by atoms with Gasteiger partial charge in [0.25, 0.3) is 5.91 Å². The summed E-state index contributed by atoms with van der Waals surface area (Å²) in [5.74, 6) is -0.0188. The summed E-state index contributed by atoms with van der Waals surface area (Å²) in [4.78, 5) is 42.9. The maximum atomic E-state index is 13.5. The standard InChI is InChI=1S/C27H31N3O3/c1-18-10-12-20(13-11-18)16-29(19(2)21-7-5-8-21)24(31)17-30-25(32)27(28-26(30)33)15-14-22-6-3-4-9-23(22)27/h3-4,6,9-13,19,21H,5,7-8,14-17H2,1-2H3,(H,28,33)/t19-,27?/m0/s1. The smallest absolute Gasteiger partial charge is 0.325 e. The number of carbonyl (C=O) groups is 3. The fourth-order valence-electron chi connectivity index (χ4n) is 5.49. The molecule has 6 heteroatoms. The van der Waals surface area contributed by atoms with Crippen molar-refractivity contribution in [2.24, 2.45) is 5.92 Å². The molecule has 1 saturated heterocycles. The zero-order valence-electron chi connectivity index (χ0n) is 19.3. The van der Waals surface area contributed by atoms with Crippen LogP contribution in [-0.2, 0) is 28.1 Å². The molecule has 0 aromatic heterocycles. The fraction of sp³-hybridized carbons (Fsp3) is 0.444. The van der Waals surface area contributed by atoms with Crippen molar-refractivity contribution in [1.29, 1.82) is 0 Å². The minimum absolute atomic E-state index is 0.0643. The molecular formula is C27H31N3O3. The number of hydrogen-bond acceptors (Lipinski definition) is 3. The second-order valence-electron chi connectivity index (χ2n) is 9.82. The van der Waals surface area contributed by atoms with E-state index in [2.05, 4.69) is 12.2 Å². The molecule has 1 heterocycles. The van der Waals surface area contributed by atoms with Crippen LogP contribution in [0, 0.1) is 12.8 Å². The van der Waals surface area contributed by atoms with Crippen LogP contribution in [0.3, 0.4) is 0 Å². The van der Waals surface area contributed by atoms with E-state index < -0.39 is 11.6 Å². The van der Waals surface area contributed by atoms with Gasteiger partial charge in [0.2, 0.25) is 5.91 Å². The molecule has 2 aliphatic carbocycles. The van der Waals surface area contributed by atoms with Gasteiger partial charge in [-0.1, -0.05) is 60.5 Å². The molecule has 2 atom stereocenters. The third kappa shape index (κ3) is 3.71. The van der Waals surface area contributed by atoms with Crippen LogP contribution in [0.4, 0.5) is 4.79 Å². The molecule has 4 amide bonds. The molecule has 5 rings (SSSR count). The first-order valence-corrected chi connectivity index (χ1v) is 12.0. The van der Waals surface area contributed by atoms with E-state index in [1.54, 1.807) is 0 Å². The molecule has 1 N–H and O–H groups in total. The van der Waals surface area contributed by atoms with Crippen molar-refractivity contribution in [3.63, 3.8) is 0 Å². The Kier molecular flexibility index (Phi) is 5.47. The number of aryl methyl sites for hydroxylation is 2. The van der Waals surface area contributed by atoms with Crippen LogP contribution in [0.15, 0.2) is 48.5 Å². The van der Waals surface area contributed by atoms with Crippen LogP contribution in [0.1, 0.15) is 54.9 Å². The Morgan fingerprint density at radius 3 is 2.58 bits per heavy atom. The third-order valence-corrected chi connectivity index (χ3v) is 7.83. The van der Waals surface area contributed by atoms with Gasteiger partial charge in [-0.05, 0) is 62.1 Å². The maximum absolute atomic E-state index is 13.5. The first-order chi connectivity index (χ1) is 15.9. The van der Waals surface area contributed by atoms with Gasteiger partial charge in [0.15, 0.2) is 0 Å². The van der Waals surface area contributed by atoms with Gasteiger partial charge in [0, 0.05) is 12.6 Å². The molecule has 6 nitrogen and oxygen atoms in total. The van der Waals surface area contributed by atoms with Gasteiger partial charge in [0.1, 0.15) is 12.1 Å². The van der Waals surface area contributed by atoms with Gasteiger partial charge in [-0.2, -0.15) is 0 Å². The highest BCUT2D eigenvalue weighted by Gasteiger charge is 2.55. The Balaban J connectivity index is 1.37. The van der Waals surface area contributed by atoms with E-state index >= 15 is 0 Å². The molecule has 172 valence electrons. The van der Waals surface area contributed by atoms with Crippen molar-refractivity contribution in [2.75, 3.05) is 6.54 Å². The molecule has 1 saturated carbocycles. The van der Waals surface area contributed by atoms with Crippen molar-refractivity contribution in [3.05, 3.63) is 70.8 Å². The topological polar surface area (TPSA) is 69.7 Å². The second-order valence-corrected chi connectivity index (χ2v) is 9.82. The van der Waals surface area contributed by atoms with E-state index in [1.807, 2.05) is 60.4 Å². The SMILES string of the molecule is Cc1ccc(CN(C(=O)CN2C(=O)NC3(CCc4ccccc43)C2=O)[C@@H](C)C2CCC2)cc1. The first kappa shape index (κ1) is 21.7. The summed E-state index contributed by atoms with van der Waals surface area (Å²) in [5, 5.41) is 2.93. The summed E-state index contributed by atoms with van der Waals surface area (Å²) in [5.41, 5.74) is 3.13. The van der Waals surface area contributed by atoms with E-state index in [0.717, 1.165) is 40.9 Å². The van der Waals surface area contributed by atoms with Crippen molar-refractivity contribution >= 4 is 17.8 Å². The van der Waals surface area contributed by atoms with Gasteiger partial charge >= 0.3 is 6.03 Å². The average Bonchev–Trinajstić information content (AvgIpc) is 3.25. The van der Waals surface area contributed by atoms with Crippen LogP contribution in [-0.4, -0.2) is 40.2 Å². The molecule has 2 aromatic carbocycles. The fourth-order valence-corrected chi connectivity index (χ4v) is 5.49. The number of fused-ring (bicyclic) bond motifs is 2. The van der Waals surface area contributed by atoms with Crippen LogP contribution in [0.5, 0.6) is 0 Å². The highest BCUT2D eigenvalue weighted by atomic mass is 16.2. The largest absolute Gasteiger partial charge is 0.334 e. The molecule has 33 heavy (non-hydrogen) atoms. The minimum Gasteiger partial charge on any atom is -0.334 e. The van der Waals surface area contributed by atoms with E-state index in [9.17, 15) is 14.4 Å². The molecule has 1 aliphatic heterocycles. The van der Waals surface area contributed by atoms with Crippen molar-refractivity contribution < 1.29 is 14.4 Å². The molecule has 1 spiro atoms. The summed E-state index contributed by atoms with van der Waals surface area (Å²) >= 11 is 0. The Labute approximate surface area is 194 Å². The summed E-state index contributed by atoms with van der Waals surface area (Å²) in [7, 11) is 0. The van der Waals surface area contributed by atoms with Crippen LogP contribution in [0.2, 0.25) is 0 Å². The van der Waals surface area contributed by atoms with Gasteiger partial charge in [-0.25, -0.2) is 4.79 Å². The van der Waals surface area contributed by atoms with Crippen molar-refractivity contribution in [2.45, 2.75) is 64.1 Å². The zero-order valence-corrected chi connectivity index (χ0v) is 19.3. The predicted octanol–water partition coefficient (Wildman–Crippen LogP) is 3.91. The first-order valence-electron chi connectivity index (χ1n) is 12.0. The van der Waals surface area contributed by atoms with E-state index in [-0.39, 0.29) is 24.4 Å². The number of rotatable bonds is 6. The van der Waals surface area contributed by atoms with Crippen LogP contribution in [0.25, 0.3) is 0 Å². The van der Waals surface area contributed by atoms with Crippen molar-refractivity contribution in [3.8, 4) is 0 Å². The Morgan fingerprint density at radius 1 is 1.15 bits per heavy atom. The molecule has 0 bridgehead atoms. The number of hydrogen-bond donors (Lipinski definition) is 1. The maximum Gasteiger partial charge on any atom is 0.325 e. The lowest BCUT2D eigenvalue weighted by atomic mass is 9.79. The third-order valence-electron chi connectivity index (χ3n) is 7.83. The lowest BCUT2D eigenvalue weighted by molar-refractivity contribution is -0.142. The predicted molar refractivity (Wildman–Crippen MR) is 125 cm³/mol. The Morgan fingerprint density at radius 2 is 1.88 bits per heavy atom. The Bertz CT molecular complexity index is 1090. The summed E-state index contributed by atoms with van der Waals surface area (Å²) in [6.45, 7) is 4.39. The zero-order chi connectivity index (χ0) is 23.2. The molecule has 0 radical (unpaired) electrons. The normalized spacial score (nSPS) is 22.8. The van der Waals surface area contributed by atoms with Crippen LogP contribution >= 0.6 is 0 Å². The minimum atomic E-state index is -1.03. The number of imide groups is 1. The number of benzene rings is 2. The summed E-state index contributed by atoms with van der Waals surface area (Å²) < 4.78 is 0. The van der Waals surface area contributed by atoms with Gasteiger partial charge in [-0.3, -0.25) is 14.5 Å². The van der Waals surface area contributed by atoms with Crippen LogP contribution < -0.4 is 5.32 Å². The Hall–Kier alpha value is -3.15. The quantitative estimate of drug-likeness (QED) is 0.686. The summed E-state index contributed by atoms with van der Waals surface area (Å²) in [6.07, 6.45) is 4.69. The van der Waals surface area contributed by atoms with E-state index in [1.165, 1.54) is 12.0 Å². The van der Waals surface area contributed by atoms with E-state index in [0.29, 0.717) is 18.9 Å². The molecule has 2 fully saturated rings. The molecule has 1 unspecified atom stereocenters. The highest BCUT2D eigenvalue weighted by molar-refractivity contribution is 6.09. The van der Waals surface area contributed by atoms with Crippen molar-refractivity contribution in [1.82, 2.24) is 15.1 Å². The van der Waals surface area contributed by atoms with E-state index in [4.69, 9.17) is 0 Å². The van der Waals surface area contributed by atoms with Gasteiger partial charge in [0.05, 0.1) is 0 Å². The molecule has 2 aromatic rings.